The van der Waals surface area contributed by atoms with Gasteiger partial charge in [0.05, 0.1) is 17.4 Å². The number of benzene rings is 1. The lowest BCUT2D eigenvalue weighted by Crippen LogP contribution is -2.14. The van der Waals surface area contributed by atoms with Crippen molar-refractivity contribution in [2.24, 2.45) is 0 Å². The summed E-state index contributed by atoms with van der Waals surface area (Å²) in [6.45, 7) is 1.38. The zero-order valence-corrected chi connectivity index (χ0v) is 12.3. The molecule has 0 unspecified atom stereocenters. The van der Waals surface area contributed by atoms with E-state index in [2.05, 4.69) is 9.97 Å². The Hall–Kier alpha value is -2.61. The quantitative estimate of drug-likeness (QED) is 0.281. The summed E-state index contributed by atoms with van der Waals surface area (Å²) in [5.74, 6) is -1.21. The van der Waals surface area contributed by atoms with E-state index >= 15 is 0 Å². The second-order valence-electron chi connectivity index (χ2n) is 4.22. The molecule has 0 atom stereocenters. The van der Waals surface area contributed by atoms with Gasteiger partial charge in [0, 0.05) is 0 Å². The van der Waals surface area contributed by atoms with Gasteiger partial charge in [-0.15, -0.1) is 0 Å². The molecule has 0 aliphatic rings. The predicted octanol–water partition coefficient (Wildman–Crippen LogP) is 1.38. The summed E-state index contributed by atoms with van der Waals surface area (Å²) in [5.41, 5.74) is -0.213. The van der Waals surface area contributed by atoms with Crippen LogP contribution in [0.4, 0.5) is 0 Å². The highest BCUT2D eigenvalue weighted by Gasteiger charge is 2.13. The van der Waals surface area contributed by atoms with Crippen molar-refractivity contribution in [2.45, 2.75) is 12.1 Å². The number of aromatic hydroxyl groups is 1. The van der Waals surface area contributed by atoms with Gasteiger partial charge in [-0.25, -0.2) is 0 Å². The van der Waals surface area contributed by atoms with Crippen LogP contribution in [0.1, 0.15) is 17.3 Å². The van der Waals surface area contributed by atoms with Gasteiger partial charge < -0.3 is 14.8 Å². The van der Waals surface area contributed by atoms with Crippen LogP contribution in [0, 0.1) is 0 Å². The zero-order valence-electron chi connectivity index (χ0n) is 11.5. The number of nitrogens with one attached hydrogen (secondary N) is 1. The second-order valence-corrected chi connectivity index (χ2v) is 5.19. The van der Waals surface area contributed by atoms with Crippen LogP contribution in [-0.2, 0) is 4.79 Å². The molecule has 2 N–H and O–H groups in total. The average molecular weight is 320 g/mol. The topological polar surface area (TPSA) is 109 Å². The number of aromatic amines is 1. The molecular formula is C14H12N2O5S. The number of carbonyl (C=O) groups is 2. The van der Waals surface area contributed by atoms with E-state index in [1.165, 1.54) is 13.0 Å². The van der Waals surface area contributed by atoms with Crippen LogP contribution in [-0.4, -0.2) is 32.6 Å². The molecule has 1 aromatic carbocycles. The van der Waals surface area contributed by atoms with Gasteiger partial charge in [0.25, 0.3) is 5.56 Å². The van der Waals surface area contributed by atoms with Gasteiger partial charge in [0.2, 0.25) is 5.88 Å². The molecule has 2 aromatic rings. The first-order valence-corrected chi connectivity index (χ1v) is 7.18. The summed E-state index contributed by atoms with van der Waals surface area (Å²) in [7, 11) is 0. The van der Waals surface area contributed by atoms with Gasteiger partial charge in [-0.1, -0.05) is 23.9 Å². The molecule has 1 aromatic heterocycles. The number of nitrogens with zero attached hydrogens (tertiary/aromatic N) is 1. The number of ketones is 1. The highest BCUT2D eigenvalue weighted by Crippen LogP contribution is 2.20. The molecule has 0 saturated carbocycles. The van der Waals surface area contributed by atoms with E-state index in [4.69, 9.17) is 4.74 Å². The summed E-state index contributed by atoms with van der Waals surface area (Å²) in [6.07, 6.45) is 0. The lowest BCUT2D eigenvalue weighted by atomic mass is 10.1. The maximum atomic E-state index is 11.8. The van der Waals surface area contributed by atoms with Crippen molar-refractivity contribution in [1.29, 1.82) is 0 Å². The van der Waals surface area contributed by atoms with Crippen molar-refractivity contribution in [3.8, 4) is 11.6 Å². The molecule has 0 radical (unpaired) electrons. The number of esters is 1. The van der Waals surface area contributed by atoms with Crippen LogP contribution in [0.3, 0.4) is 0 Å². The van der Waals surface area contributed by atoms with Crippen LogP contribution in [0.2, 0.25) is 0 Å². The number of para-hydroxylation sites is 1. The maximum Gasteiger partial charge on any atom is 0.321 e. The highest BCUT2D eigenvalue weighted by molar-refractivity contribution is 7.99. The number of hydrogen-bond acceptors (Lipinski definition) is 7. The van der Waals surface area contributed by atoms with Gasteiger partial charge >= 0.3 is 5.97 Å². The Morgan fingerprint density at radius 1 is 1.36 bits per heavy atom. The van der Waals surface area contributed by atoms with Gasteiger partial charge in [0.1, 0.15) is 5.75 Å². The van der Waals surface area contributed by atoms with Crippen LogP contribution in [0.5, 0.6) is 11.6 Å². The lowest BCUT2D eigenvalue weighted by Gasteiger charge is -2.07. The SMILES string of the molecule is CC(=O)c1ccccc1OC(=O)CSc1nc(O)cc(=O)[nH]1. The Morgan fingerprint density at radius 3 is 2.77 bits per heavy atom. The van der Waals surface area contributed by atoms with Crippen LogP contribution >= 0.6 is 11.8 Å². The number of aromatic nitrogens is 2. The van der Waals surface area contributed by atoms with Gasteiger partial charge in [-0.05, 0) is 19.1 Å². The van der Waals surface area contributed by atoms with E-state index in [9.17, 15) is 19.5 Å². The molecular weight excluding hydrogens is 308 g/mol. The monoisotopic (exact) mass is 320 g/mol. The molecule has 1 heterocycles. The van der Waals surface area contributed by atoms with Crippen molar-refractivity contribution in [3.63, 3.8) is 0 Å². The molecule has 114 valence electrons. The molecule has 0 aliphatic heterocycles. The zero-order chi connectivity index (χ0) is 16.1. The third kappa shape index (κ3) is 4.19. The van der Waals surface area contributed by atoms with Crippen LogP contribution in [0.25, 0.3) is 0 Å². The minimum Gasteiger partial charge on any atom is -0.493 e. The smallest absolute Gasteiger partial charge is 0.321 e. The molecule has 2 rings (SSSR count). The fourth-order valence-electron chi connectivity index (χ4n) is 1.62. The van der Waals surface area contributed by atoms with Gasteiger partial charge in [0.15, 0.2) is 10.9 Å². The van der Waals surface area contributed by atoms with Crippen molar-refractivity contribution < 1.29 is 19.4 Å². The summed E-state index contributed by atoms with van der Waals surface area (Å²) < 4.78 is 5.13. The lowest BCUT2D eigenvalue weighted by molar-refractivity contribution is -0.131. The minimum atomic E-state index is -0.607. The Morgan fingerprint density at radius 2 is 2.09 bits per heavy atom. The van der Waals surface area contributed by atoms with E-state index in [1.54, 1.807) is 18.2 Å². The standard InChI is InChI=1S/C14H12N2O5S/c1-8(17)9-4-2-3-5-10(9)21-13(20)7-22-14-15-11(18)6-12(19)16-14/h2-6H,7H2,1H3,(H2,15,16,18,19). The van der Waals surface area contributed by atoms with Crippen molar-refractivity contribution >= 4 is 23.5 Å². The highest BCUT2D eigenvalue weighted by atomic mass is 32.2. The molecule has 0 aliphatic carbocycles. The van der Waals surface area contributed by atoms with Crippen LogP contribution in [0.15, 0.2) is 40.3 Å². The molecule has 0 bridgehead atoms. The molecule has 8 heteroatoms. The molecule has 7 nitrogen and oxygen atoms in total. The van der Waals surface area contributed by atoms with Crippen molar-refractivity contribution in [2.75, 3.05) is 5.75 Å². The number of rotatable bonds is 5. The third-order valence-electron chi connectivity index (χ3n) is 2.52. The number of hydrogen-bond donors (Lipinski definition) is 2. The normalized spacial score (nSPS) is 10.2. The fraction of sp³-hybridized carbons (Fsp3) is 0.143. The van der Waals surface area contributed by atoms with Crippen molar-refractivity contribution in [1.82, 2.24) is 9.97 Å². The molecule has 0 saturated heterocycles. The Balaban J connectivity index is 2.02. The third-order valence-corrected chi connectivity index (χ3v) is 3.37. The van der Waals surface area contributed by atoms with E-state index in [1.807, 2.05) is 0 Å². The molecule has 22 heavy (non-hydrogen) atoms. The van der Waals surface area contributed by atoms with Gasteiger partial charge in [-0.2, -0.15) is 4.98 Å². The number of H-pyrrole nitrogens is 1. The number of thioether (sulfide) groups is 1. The fourth-order valence-corrected chi connectivity index (χ4v) is 2.26. The van der Waals surface area contributed by atoms with E-state index in [-0.39, 0.29) is 22.4 Å². The first-order chi connectivity index (χ1) is 10.5. The summed E-state index contributed by atoms with van der Waals surface area (Å²) in [6, 6.07) is 7.33. The first-order valence-electron chi connectivity index (χ1n) is 6.19. The number of ether oxygens (including phenoxy) is 1. The summed E-state index contributed by atoms with van der Waals surface area (Å²) in [5, 5.41) is 9.29. The Labute approximate surface area is 129 Å². The first kappa shape index (κ1) is 15.8. The Bertz CT molecular complexity index is 772. The number of carbonyl (C=O) groups excluding carboxylic acids is 2. The number of Topliss-reactive ketones (excluding diaryl/α,β-unsaturated/α-hetero) is 1. The van der Waals surface area contributed by atoms with Gasteiger partial charge in [-0.3, -0.25) is 14.4 Å². The van der Waals surface area contributed by atoms with Crippen LogP contribution < -0.4 is 10.3 Å². The van der Waals surface area contributed by atoms with Crippen molar-refractivity contribution in [3.05, 3.63) is 46.2 Å². The second kappa shape index (κ2) is 6.90. The average Bonchev–Trinajstić information content (AvgIpc) is 2.44. The maximum absolute atomic E-state index is 11.8. The largest absolute Gasteiger partial charge is 0.493 e. The van der Waals surface area contributed by atoms with E-state index in [0.29, 0.717) is 5.56 Å². The minimum absolute atomic E-state index is 0.0989. The predicted molar refractivity (Wildman–Crippen MR) is 79.3 cm³/mol. The summed E-state index contributed by atoms with van der Waals surface area (Å²) >= 11 is 0.904. The molecule has 0 amide bonds. The van der Waals surface area contributed by atoms with E-state index < -0.39 is 17.4 Å². The Kier molecular flexibility index (Phi) is 4.95. The molecule has 0 spiro atoms. The summed E-state index contributed by atoms with van der Waals surface area (Å²) in [4.78, 5) is 40.4. The molecule has 0 fully saturated rings. The van der Waals surface area contributed by atoms with E-state index in [0.717, 1.165) is 17.8 Å².